The minimum atomic E-state index is -0.388. The van der Waals surface area contributed by atoms with E-state index in [1.165, 1.54) is 11.3 Å². The van der Waals surface area contributed by atoms with Gasteiger partial charge in [-0.3, -0.25) is 14.2 Å². The van der Waals surface area contributed by atoms with E-state index < -0.39 is 0 Å². The van der Waals surface area contributed by atoms with Gasteiger partial charge in [-0.25, -0.2) is 4.98 Å². The fourth-order valence-electron chi connectivity index (χ4n) is 4.35. The first-order chi connectivity index (χ1) is 17.5. The van der Waals surface area contributed by atoms with Crippen LogP contribution in [0.15, 0.2) is 64.8 Å². The molecule has 4 aromatic rings. The number of thiophene rings is 1. The Morgan fingerprint density at radius 3 is 2.50 bits per heavy atom. The normalized spacial score (nSPS) is 12.0. The Bertz CT molecular complexity index is 1380. The molecule has 0 spiro atoms. The smallest absolute Gasteiger partial charge is 0.271 e. The highest BCUT2D eigenvalue weighted by Gasteiger charge is 2.29. The van der Waals surface area contributed by atoms with Crippen LogP contribution in [0.25, 0.3) is 10.2 Å². The minimum Gasteiger partial charge on any atom is -0.497 e. The number of ether oxygens (including phenoxy) is 1. The lowest BCUT2D eigenvalue weighted by Gasteiger charge is -2.32. The van der Waals surface area contributed by atoms with Gasteiger partial charge in [0.25, 0.3) is 11.5 Å². The summed E-state index contributed by atoms with van der Waals surface area (Å²) >= 11 is 1.39. The Balaban J connectivity index is 1.82. The third-order valence-corrected chi connectivity index (χ3v) is 7.21. The summed E-state index contributed by atoms with van der Waals surface area (Å²) in [6.45, 7) is 5.29. The molecule has 1 amide bonds. The van der Waals surface area contributed by atoms with Crippen LogP contribution >= 0.6 is 11.3 Å². The number of nitrogens with two attached hydrogens (primary N) is 1. The SMILES string of the molecule is CCC(c1nc2ccsc2c(=O)n1Cc1ccc(OC)cc1)N(CCCN)C(=O)c1ccc(C)cc1. The van der Waals surface area contributed by atoms with Crippen LogP contribution in [0.5, 0.6) is 5.75 Å². The molecule has 2 aromatic heterocycles. The largest absolute Gasteiger partial charge is 0.497 e. The number of benzene rings is 2. The van der Waals surface area contributed by atoms with Gasteiger partial charge in [0.2, 0.25) is 0 Å². The van der Waals surface area contributed by atoms with E-state index in [-0.39, 0.29) is 17.5 Å². The Morgan fingerprint density at radius 1 is 1.14 bits per heavy atom. The predicted molar refractivity (Wildman–Crippen MR) is 145 cm³/mol. The Labute approximate surface area is 215 Å². The number of aromatic nitrogens is 2. The monoisotopic (exact) mass is 504 g/mol. The third-order valence-electron chi connectivity index (χ3n) is 6.32. The molecular weight excluding hydrogens is 472 g/mol. The predicted octanol–water partition coefficient (Wildman–Crippen LogP) is 4.77. The first-order valence-corrected chi connectivity index (χ1v) is 13.0. The van der Waals surface area contributed by atoms with Crippen molar-refractivity contribution in [1.82, 2.24) is 14.5 Å². The molecule has 1 unspecified atom stereocenters. The highest BCUT2D eigenvalue weighted by molar-refractivity contribution is 7.17. The van der Waals surface area contributed by atoms with E-state index in [1.54, 1.807) is 11.7 Å². The van der Waals surface area contributed by atoms with Crippen molar-refractivity contribution < 1.29 is 9.53 Å². The molecule has 0 aliphatic heterocycles. The molecule has 0 aliphatic rings. The number of aryl methyl sites for hydroxylation is 1. The molecule has 2 heterocycles. The first kappa shape index (κ1) is 25.6. The maximum absolute atomic E-state index is 13.7. The molecule has 0 radical (unpaired) electrons. The van der Waals surface area contributed by atoms with Crippen LogP contribution in [0.2, 0.25) is 0 Å². The number of amides is 1. The maximum Gasteiger partial charge on any atom is 0.271 e. The fraction of sp³-hybridized carbons (Fsp3) is 0.321. The van der Waals surface area contributed by atoms with Gasteiger partial charge in [0.05, 0.1) is 25.2 Å². The van der Waals surface area contributed by atoms with Crippen LogP contribution in [0, 0.1) is 6.92 Å². The second kappa shape index (κ2) is 11.5. The number of methoxy groups -OCH3 is 1. The topological polar surface area (TPSA) is 90.5 Å². The number of fused-ring (bicyclic) bond motifs is 1. The average molecular weight is 505 g/mol. The van der Waals surface area contributed by atoms with Gasteiger partial charge in [0, 0.05) is 12.1 Å². The van der Waals surface area contributed by atoms with E-state index in [1.807, 2.05) is 78.7 Å². The summed E-state index contributed by atoms with van der Waals surface area (Å²) in [5, 5.41) is 1.88. The summed E-state index contributed by atoms with van der Waals surface area (Å²) in [5.74, 6) is 1.24. The molecule has 2 aromatic carbocycles. The van der Waals surface area contributed by atoms with Gasteiger partial charge in [-0.05, 0) is 67.6 Å². The minimum absolute atomic E-state index is 0.0917. The quantitative estimate of drug-likeness (QED) is 0.336. The highest BCUT2D eigenvalue weighted by atomic mass is 32.1. The molecule has 36 heavy (non-hydrogen) atoms. The lowest BCUT2D eigenvalue weighted by atomic mass is 10.1. The lowest BCUT2D eigenvalue weighted by Crippen LogP contribution is -2.40. The van der Waals surface area contributed by atoms with Gasteiger partial charge >= 0.3 is 0 Å². The van der Waals surface area contributed by atoms with E-state index in [4.69, 9.17) is 15.5 Å². The molecule has 8 heteroatoms. The van der Waals surface area contributed by atoms with Crippen LogP contribution < -0.4 is 16.0 Å². The number of carbonyl (C=O) groups is 1. The molecule has 0 saturated heterocycles. The molecule has 0 aliphatic carbocycles. The van der Waals surface area contributed by atoms with Crippen molar-refractivity contribution >= 4 is 27.5 Å². The Kier molecular flexibility index (Phi) is 8.18. The van der Waals surface area contributed by atoms with E-state index in [2.05, 4.69) is 0 Å². The van der Waals surface area contributed by atoms with Crippen LogP contribution in [-0.2, 0) is 6.54 Å². The zero-order valence-electron chi connectivity index (χ0n) is 20.9. The second-order valence-corrected chi connectivity index (χ2v) is 9.69. The molecule has 2 N–H and O–H groups in total. The Morgan fingerprint density at radius 2 is 1.86 bits per heavy atom. The number of carbonyl (C=O) groups excluding carboxylic acids is 1. The van der Waals surface area contributed by atoms with Crippen molar-refractivity contribution in [3.63, 3.8) is 0 Å². The van der Waals surface area contributed by atoms with E-state index >= 15 is 0 Å². The number of rotatable bonds is 10. The van der Waals surface area contributed by atoms with Crippen molar-refractivity contribution in [1.29, 1.82) is 0 Å². The number of nitrogens with zero attached hydrogens (tertiary/aromatic N) is 3. The molecule has 4 rings (SSSR count). The first-order valence-electron chi connectivity index (χ1n) is 12.1. The molecule has 7 nitrogen and oxygen atoms in total. The zero-order chi connectivity index (χ0) is 25.7. The molecule has 0 fully saturated rings. The van der Waals surface area contributed by atoms with Crippen molar-refractivity contribution in [2.45, 2.75) is 39.3 Å². The second-order valence-electron chi connectivity index (χ2n) is 8.78. The molecule has 1 atom stereocenters. The van der Waals surface area contributed by atoms with Gasteiger partial charge in [-0.15, -0.1) is 11.3 Å². The lowest BCUT2D eigenvalue weighted by molar-refractivity contribution is 0.0656. The Hall–Kier alpha value is -3.49. The van der Waals surface area contributed by atoms with Gasteiger partial charge in [0.1, 0.15) is 16.3 Å². The van der Waals surface area contributed by atoms with Gasteiger partial charge in [0.15, 0.2) is 0 Å². The van der Waals surface area contributed by atoms with Crippen molar-refractivity contribution in [2.75, 3.05) is 20.2 Å². The summed E-state index contributed by atoms with van der Waals surface area (Å²) in [6, 6.07) is 16.7. The van der Waals surface area contributed by atoms with E-state index in [0.717, 1.165) is 16.9 Å². The average Bonchev–Trinajstić information content (AvgIpc) is 3.38. The van der Waals surface area contributed by atoms with Crippen LogP contribution in [0.4, 0.5) is 0 Å². The number of hydrogen-bond acceptors (Lipinski definition) is 6. The van der Waals surface area contributed by atoms with Crippen molar-refractivity contribution in [2.24, 2.45) is 5.73 Å². The fourth-order valence-corrected chi connectivity index (χ4v) is 5.13. The molecule has 0 saturated carbocycles. The van der Waals surface area contributed by atoms with Crippen molar-refractivity contribution in [3.8, 4) is 5.75 Å². The molecule has 0 bridgehead atoms. The summed E-state index contributed by atoms with van der Waals surface area (Å²) in [7, 11) is 1.62. The zero-order valence-corrected chi connectivity index (χ0v) is 21.8. The van der Waals surface area contributed by atoms with Gasteiger partial charge in [-0.1, -0.05) is 36.8 Å². The van der Waals surface area contributed by atoms with Gasteiger partial charge in [-0.2, -0.15) is 0 Å². The van der Waals surface area contributed by atoms with Crippen LogP contribution in [0.1, 0.15) is 53.1 Å². The van der Waals surface area contributed by atoms with Crippen LogP contribution in [-0.4, -0.2) is 40.6 Å². The third kappa shape index (κ3) is 5.34. The molecule has 188 valence electrons. The summed E-state index contributed by atoms with van der Waals surface area (Å²) in [4.78, 5) is 34.2. The standard InChI is InChI=1S/C28H32N4O3S/c1-4-24(31(16-5-15-29)27(33)21-10-6-19(2)7-11-21)26-30-23-14-17-36-25(23)28(34)32(26)18-20-8-12-22(35-3)13-9-20/h6-14,17,24H,4-5,15-16,18,29H2,1-3H3. The van der Waals surface area contributed by atoms with Crippen LogP contribution in [0.3, 0.4) is 0 Å². The van der Waals surface area contributed by atoms with Gasteiger partial charge < -0.3 is 15.4 Å². The summed E-state index contributed by atoms with van der Waals surface area (Å²) < 4.78 is 7.61. The molecular formula is C28H32N4O3S. The van der Waals surface area contributed by atoms with E-state index in [9.17, 15) is 9.59 Å². The number of hydrogen-bond donors (Lipinski definition) is 1. The van der Waals surface area contributed by atoms with E-state index in [0.29, 0.717) is 54.1 Å². The van der Waals surface area contributed by atoms with Crippen molar-refractivity contribution in [3.05, 3.63) is 92.8 Å². The summed E-state index contributed by atoms with van der Waals surface area (Å²) in [5.41, 5.74) is 9.05. The maximum atomic E-state index is 13.7. The summed E-state index contributed by atoms with van der Waals surface area (Å²) in [6.07, 6.45) is 1.25. The highest BCUT2D eigenvalue weighted by Crippen LogP contribution is 2.28.